The molecule has 26 heavy (non-hydrogen) atoms. The van der Waals surface area contributed by atoms with Gasteiger partial charge < -0.3 is 19.7 Å². The molecule has 0 fully saturated rings. The second-order valence-electron chi connectivity index (χ2n) is 6.37. The van der Waals surface area contributed by atoms with Crippen molar-refractivity contribution >= 4 is 16.6 Å². The van der Waals surface area contributed by atoms with Crippen LogP contribution in [-0.2, 0) is 6.42 Å². The molecule has 0 bridgehead atoms. The first kappa shape index (κ1) is 16.3. The highest BCUT2D eigenvalue weighted by Gasteiger charge is 2.35. The molecule has 132 valence electrons. The summed E-state index contributed by atoms with van der Waals surface area (Å²) in [6.45, 7) is 0. The Balaban J connectivity index is 1.50. The fraction of sp³-hybridized carbons (Fsp3) is 0.190. The zero-order valence-corrected chi connectivity index (χ0v) is 14.2. The second kappa shape index (κ2) is 6.26. The number of hydrogen-bond acceptors (Lipinski definition) is 5. The molecular formula is C21H18O5. The van der Waals surface area contributed by atoms with E-state index in [0.717, 1.165) is 22.1 Å². The molecule has 5 nitrogen and oxygen atoms in total. The Labute approximate surface area is 150 Å². The van der Waals surface area contributed by atoms with Gasteiger partial charge in [0.15, 0.2) is 17.6 Å². The van der Waals surface area contributed by atoms with E-state index < -0.39 is 6.10 Å². The van der Waals surface area contributed by atoms with Gasteiger partial charge in [-0.2, -0.15) is 0 Å². The summed E-state index contributed by atoms with van der Waals surface area (Å²) < 4.78 is 10.8. The highest BCUT2D eigenvalue weighted by molar-refractivity contribution is 6.05. The molecule has 0 amide bonds. The van der Waals surface area contributed by atoms with Crippen molar-refractivity contribution in [2.24, 2.45) is 0 Å². The molecule has 0 aromatic heterocycles. The first-order valence-electron chi connectivity index (χ1n) is 8.39. The monoisotopic (exact) mass is 350 g/mol. The van der Waals surface area contributed by atoms with E-state index in [4.69, 9.17) is 9.47 Å². The van der Waals surface area contributed by atoms with Gasteiger partial charge in [0.2, 0.25) is 11.5 Å². The van der Waals surface area contributed by atoms with Gasteiger partial charge in [-0.3, -0.25) is 4.79 Å². The molecule has 1 unspecified atom stereocenters. The van der Waals surface area contributed by atoms with Gasteiger partial charge in [0.1, 0.15) is 5.75 Å². The van der Waals surface area contributed by atoms with Crippen LogP contribution in [0.2, 0.25) is 0 Å². The molecule has 1 atom stereocenters. The van der Waals surface area contributed by atoms with E-state index in [1.54, 1.807) is 7.11 Å². The fourth-order valence-electron chi connectivity index (χ4n) is 3.29. The Morgan fingerprint density at radius 2 is 1.81 bits per heavy atom. The van der Waals surface area contributed by atoms with E-state index in [1.165, 1.54) is 12.1 Å². The lowest BCUT2D eigenvalue weighted by molar-refractivity contribution is 0.0844. The molecular weight excluding hydrogens is 332 g/mol. The molecule has 1 heterocycles. The summed E-state index contributed by atoms with van der Waals surface area (Å²) in [4.78, 5) is 12.4. The lowest BCUT2D eigenvalue weighted by Gasteiger charge is -2.10. The van der Waals surface area contributed by atoms with E-state index in [2.05, 4.69) is 6.07 Å². The second-order valence-corrected chi connectivity index (χ2v) is 6.37. The van der Waals surface area contributed by atoms with Crippen LogP contribution in [0.3, 0.4) is 0 Å². The summed E-state index contributed by atoms with van der Waals surface area (Å²) in [5.74, 6) is 0.0580. The van der Waals surface area contributed by atoms with Gasteiger partial charge in [0, 0.05) is 0 Å². The number of aromatic hydroxyl groups is 2. The first-order valence-corrected chi connectivity index (χ1v) is 8.39. The number of fused-ring (bicyclic) bond motifs is 2. The predicted molar refractivity (Wildman–Crippen MR) is 97.3 cm³/mol. The highest BCUT2D eigenvalue weighted by atomic mass is 16.5. The molecule has 3 aromatic rings. The Morgan fingerprint density at radius 3 is 2.62 bits per heavy atom. The summed E-state index contributed by atoms with van der Waals surface area (Å²) in [6, 6.07) is 14.8. The smallest absolute Gasteiger partial charge is 0.207 e. The zero-order chi connectivity index (χ0) is 18.3. The third-order valence-electron chi connectivity index (χ3n) is 4.74. The lowest BCUT2D eigenvalue weighted by atomic mass is 9.99. The van der Waals surface area contributed by atoms with Crippen molar-refractivity contribution in [3.63, 3.8) is 0 Å². The van der Waals surface area contributed by atoms with E-state index in [-0.39, 0.29) is 23.0 Å². The minimum absolute atomic E-state index is 0.0746. The average Bonchev–Trinajstić information content (AvgIpc) is 2.99. The molecule has 1 aliphatic heterocycles. The Hall–Kier alpha value is -3.21. The number of rotatable bonds is 4. The number of carbonyl (C=O) groups is 1. The number of methoxy groups -OCH3 is 1. The number of phenolic OH excluding ortho intramolecular Hbond substituents is 2. The Kier molecular flexibility index (Phi) is 3.92. The predicted octanol–water partition coefficient (Wildman–Crippen LogP) is 3.84. The van der Waals surface area contributed by atoms with Gasteiger partial charge in [-0.05, 0) is 53.4 Å². The molecule has 0 saturated heterocycles. The normalized spacial score (nSPS) is 15.7. The Bertz CT molecular complexity index is 1010. The molecule has 3 aromatic carbocycles. The van der Waals surface area contributed by atoms with Crippen LogP contribution in [0, 0.1) is 0 Å². The standard InChI is InChI=1S/C21H18O5/c1-25-15-6-5-13-10-12(2-4-14(13)11-15)3-9-18-19(23)16-7-8-17(22)20(24)21(16)26-18/h2,4-8,10-11,18,22,24H,3,9H2,1H3. The van der Waals surface area contributed by atoms with E-state index in [1.807, 2.05) is 30.3 Å². The average molecular weight is 350 g/mol. The summed E-state index contributed by atoms with van der Waals surface area (Å²) in [7, 11) is 1.64. The van der Waals surface area contributed by atoms with E-state index in [0.29, 0.717) is 18.4 Å². The van der Waals surface area contributed by atoms with Crippen LogP contribution in [0.15, 0.2) is 48.5 Å². The number of carbonyl (C=O) groups excluding carboxylic acids is 1. The highest BCUT2D eigenvalue weighted by Crippen LogP contribution is 2.43. The maximum Gasteiger partial charge on any atom is 0.207 e. The number of aryl methyl sites for hydroxylation is 1. The number of ketones is 1. The van der Waals surface area contributed by atoms with Crippen LogP contribution in [0.4, 0.5) is 0 Å². The van der Waals surface area contributed by atoms with Crippen LogP contribution in [-0.4, -0.2) is 29.2 Å². The van der Waals surface area contributed by atoms with Crippen molar-refractivity contribution in [2.75, 3.05) is 7.11 Å². The topological polar surface area (TPSA) is 76.0 Å². The van der Waals surface area contributed by atoms with Crippen molar-refractivity contribution in [1.82, 2.24) is 0 Å². The van der Waals surface area contributed by atoms with Crippen molar-refractivity contribution in [1.29, 1.82) is 0 Å². The third kappa shape index (κ3) is 2.71. The largest absolute Gasteiger partial charge is 0.504 e. The van der Waals surface area contributed by atoms with Crippen molar-refractivity contribution in [3.05, 3.63) is 59.7 Å². The Morgan fingerprint density at radius 1 is 1.04 bits per heavy atom. The molecule has 4 rings (SSSR count). The summed E-state index contributed by atoms with van der Waals surface area (Å²) in [5.41, 5.74) is 1.41. The van der Waals surface area contributed by atoms with Gasteiger partial charge in [0.05, 0.1) is 12.7 Å². The summed E-state index contributed by atoms with van der Waals surface area (Å²) in [6.07, 6.45) is 0.512. The van der Waals surface area contributed by atoms with Gasteiger partial charge in [-0.15, -0.1) is 0 Å². The quantitative estimate of drug-likeness (QED) is 0.699. The van der Waals surface area contributed by atoms with Crippen LogP contribution >= 0.6 is 0 Å². The SMILES string of the molecule is COc1ccc2cc(CCC3Oc4c(ccc(O)c4O)C3=O)ccc2c1. The zero-order valence-electron chi connectivity index (χ0n) is 14.2. The first-order chi connectivity index (χ1) is 12.6. The van der Waals surface area contributed by atoms with Crippen LogP contribution < -0.4 is 9.47 Å². The summed E-state index contributed by atoms with van der Waals surface area (Å²) >= 11 is 0. The molecule has 1 aliphatic rings. The maximum atomic E-state index is 12.4. The number of phenols is 2. The molecule has 0 radical (unpaired) electrons. The lowest BCUT2D eigenvalue weighted by Crippen LogP contribution is -2.21. The van der Waals surface area contributed by atoms with Gasteiger partial charge >= 0.3 is 0 Å². The molecule has 0 aliphatic carbocycles. The van der Waals surface area contributed by atoms with Gasteiger partial charge in [-0.1, -0.05) is 24.3 Å². The van der Waals surface area contributed by atoms with Crippen molar-refractivity contribution in [2.45, 2.75) is 18.9 Å². The fourth-order valence-corrected chi connectivity index (χ4v) is 3.29. The van der Waals surface area contributed by atoms with Crippen LogP contribution in [0.25, 0.3) is 10.8 Å². The minimum atomic E-state index is -0.649. The molecule has 2 N–H and O–H groups in total. The van der Waals surface area contributed by atoms with Gasteiger partial charge in [-0.25, -0.2) is 0 Å². The molecule has 0 saturated carbocycles. The van der Waals surface area contributed by atoms with Crippen LogP contribution in [0.5, 0.6) is 23.0 Å². The van der Waals surface area contributed by atoms with E-state index in [9.17, 15) is 15.0 Å². The van der Waals surface area contributed by atoms with E-state index >= 15 is 0 Å². The number of ether oxygens (including phenoxy) is 2. The number of benzene rings is 3. The van der Waals surface area contributed by atoms with Crippen LogP contribution in [0.1, 0.15) is 22.3 Å². The minimum Gasteiger partial charge on any atom is -0.504 e. The van der Waals surface area contributed by atoms with Gasteiger partial charge in [0.25, 0.3) is 0 Å². The third-order valence-corrected chi connectivity index (χ3v) is 4.74. The number of Topliss-reactive ketones (excluding diaryl/α,β-unsaturated/α-hetero) is 1. The molecule has 0 spiro atoms. The maximum absolute atomic E-state index is 12.4. The molecule has 5 heteroatoms. The number of hydrogen-bond donors (Lipinski definition) is 2. The van der Waals surface area contributed by atoms with Crippen molar-refractivity contribution < 1.29 is 24.5 Å². The summed E-state index contributed by atoms with van der Waals surface area (Å²) in [5, 5.41) is 21.6. The van der Waals surface area contributed by atoms with Crippen molar-refractivity contribution in [3.8, 4) is 23.0 Å².